The molecule has 1 aromatic heterocycles. The number of aryl methyl sites for hydroxylation is 1. The Morgan fingerprint density at radius 3 is 2.82 bits per heavy atom. The van der Waals surface area contributed by atoms with E-state index in [-0.39, 0.29) is 0 Å². The van der Waals surface area contributed by atoms with Crippen LogP contribution in [0.5, 0.6) is 0 Å². The molecule has 1 aliphatic carbocycles. The molecule has 1 saturated carbocycles. The van der Waals surface area contributed by atoms with Crippen molar-refractivity contribution in [3.8, 4) is 0 Å². The van der Waals surface area contributed by atoms with Gasteiger partial charge in [0.25, 0.3) is 0 Å². The third-order valence-electron chi connectivity index (χ3n) is 3.80. The van der Waals surface area contributed by atoms with Crippen LogP contribution < -0.4 is 5.73 Å². The van der Waals surface area contributed by atoms with E-state index in [1.165, 1.54) is 32.1 Å². The van der Waals surface area contributed by atoms with E-state index in [1.807, 2.05) is 0 Å². The molecule has 0 aromatic carbocycles. The number of aromatic nitrogens is 3. The molecule has 17 heavy (non-hydrogen) atoms. The summed E-state index contributed by atoms with van der Waals surface area (Å²) in [7, 11) is 0. The smallest absolute Gasteiger partial charge is 0.153 e. The average molecular weight is 236 g/mol. The minimum atomic E-state index is 0.568. The van der Waals surface area contributed by atoms with Crippen LogP contribution in [-0.4, -0.2) is 21.7 Å². The molecule has 0 amide bonds. The number of rotatable bonds is 5. The van der Waals surface area contributed by atoms with Crippen molar-refractivity contribution in [3.63, 3.8) is 0 Å². The Morgan fingerprint density at radius 1 is 1.35 bits per heavy atom. The number of H-pyrrole nitrogens is 1. The van der Waals surface area contributed by atoms with Gasteiger partial charge in [-0.15, -0.1) is 0 Å². The topological polar surface area (TPSA) is 67.6 Å². The lowest BCUT2D eigenvalue weighted by Crippen LogP contribution is -2.11. The van der Waals surface area contributed by atoms with E-state index >= 15 is 0 Å². The number of hydrogen-bond acceptors (Lipinski definition) is 3. The van der Waals surface area contributed by atoms with Crippen LogP contribution in [0.15, 0.2) is 0 Å². The van der Waals surface area contributed by atoms with Crippen molar-refractivity contribution >= 4 is 0 Å². The number of nitrogens with two attached hydrogens (primary N) is 1. The molecule has 0 bridgehead atoms. The fourth-order valence-corrected chi connectivity index (χ4v) is 2.47. The van der Waals surface area contributed by atoms with Gasteiger partial charge in [-0.3, -0.25) is 5.10 Å². The van der Waals surface area contributed by atoms with Gasteiger partial charge in [0.05, 0.1) is 0 Å². The molecule has 0 radical (unpaired) electrons. The van der Waals surface area contributed by atoms with Crippen LogP contribution in [0.1, 0.15) is 63.0 Å². The standard InChI is InChI=1S/C13H24N4/c1-10(9-14)7-8-12-15-13(17-16-12)11-5-3-2-4-6-11/h10-11H,2-9,14H2,1H3,(H,15,16,17). The SMILES string of the molecule is CC(CN)CCc1nc(C2CCCCC2)n[nH]1. The molecule has 1 fully saturated rings. The van der Waals surface area contributed by atoms with Crippen molar-refractivity contribution < 1.29 is 0 Å². The predicted octanol–water partition coefficient (Wildman–Crippen LogP) is 2.38. The average Bonchev–Trinajstić information content (AvgIpc) is 2.86. The molecule has 1 atom stereocenters. The molecule has 1 aromatic rings. The number of nitrogens with one attached hydrogen (secondary N) is 1. The van der Waals surface area contributed by atoms with Gasteiger partial charge in [0.2, 0.25) is 0 Å². The minimum Gasteiger partial charge on any atom is -0.330 e. The van der Waals surface area contributed by atoms with Crippen molar-refractivity contribution in [3.05, 3.63) is 11.6 Å². The van der Waals surface area contributed by atoms with Crippen LogP contribution >= 0.6 is 0 Å². The Bertz CT molecular complexity index is 328. The molecule has 4 heteroatoms. The molecule has 96 valence electrons. The zero-order chi connectivity index (χ0) is 12.1. The van der Waals surface area contributed by atoms with Crippen molar-refractivity contribution in [2.24, 2.45) is 11.7 Å². The lowest BCUT2D eigenvalue weighted by atomic mass is 9.89. The maximum absolute atomic E-state index is 5.61. The Balaban J connectivity index is 1.86. The summed E-state index contributed by atoms with van der Waals surface area (Å²) in [5.74, 6) is 3.24. The lowest BCUT2D eigenvalue weighted by Gasteiger charge is -2.18. The highest BCUT2D eigenvalue weighted by Gasteiger charge is 2.19. The molecule has 4 nitrogen and oxygen atoms in total. The Kier molecular flexibility index (Phi) is 4.54. The van der Waals surface area contributed by atoms with Crippen molar-refractivity contribution in [2.45, 2.75) is 57.8 Å². The number of aromatic amines is 1. The second kappa shape index (κ2) is 6.15. The zero-order valence-electron chi connectivity index (χ0n) is 10.8. The largest absolute Gasteiger partial charge is 0.330 e. The zero-order valence-corrected chi connectivity index (χ0v) is 10.8. The summed E-state index contributed by atoms with van der Waals surface area (Å²) in [4.78, 5) is 4.63. The van der Waals surface area contributed by atoms with Crippen LogP contribution in [-0.2, 0) is 6.42 Å². The fourth-order valence-electron chi connectivity index (χ4n) is 2.47. The summed E-state index contributed by atoms with van der Waals surface area (Å²) >= 11 is 0. The molecule has 0 aliphatic heterocycles. The molecule has 3 N–H and O–H groups in total. The van der Waals surface area contributed by atoms with Crippen LogP contribution in [0, 0.1) is 5.92 Å². The monoisotopic (exact) mass is 236 g/mol. The fraction of sp³-hybridized carbons (Fsp3) is 0.846. The number of hydrogen-bond donors (Lipinski definition) is 2. The first-order valence-electron chi connectivity index (χ1n) is 6.91. The summed E-state index contributed by atoms with van der Waals surface area (Å²) < 4.78 is 0. The Hall–Kier alpha value is -0.900. The first kappa shape index (κ1) is 12.6. The molecule has 0 spiro atoms. The van der Waals surface area contributed by atoms with Gasteiger partial charge in [-0.2, -0.15) is 5.10 Å². The van der Waals surface area contributed by atoms with Gasteiger partial charge < -0.3 is 5.73 Å². The van der Waals surface area contributed by atoms with Gasteiger partial charge in [-0.1, -0.05) is 26.2 Å². The summed E-state index contributed by atoms with van der Waals surface area (Å²) in [5.41, 5.74) is 5.61. The molecule has 1 aliphatic rings. The van der Waals surface area contributed by atoms with E-state index in [9.17, 15) is 0 Å². The summed E-state index contributed by atoms with van der Waals surface area (Å²) in [6.07, 6.45) is 8.63. The second-order valence-corrected chi connectivity index (χ2v) is 5.35. The highest BCUT2D eigenvalue weighted by atomic mass is 15.2. The van der Waals surface area contributed by atoms with Crippen LogP contribution in [0.4, 0.5) is 0 Å². The van der Waals surface area contributed by atoms with Gasteiger partial charge in [-0.25, -0.2) is 4.98 Å². The molecular weight excluding hydrogens is 212 g/mol. The van der Waals surface area contributed by atoms with Gasteiger partial charge in [0.15, 0.2) is 5.82 Å². The maximum Gasteiger partial charge on any atom is 0.153 e. The van der Waals surface area contributed by atoms with Gasteiger partial charge in [-0.05, 0) is 31.7 Å². The molecule has 2 rings (SSSR count). The second-order valence-electron chi connectivity index (χ2n) is 5.35. The predicted molar refractivity (Wildman–Crippen MR) is 68.7 cm³/mol. The van der Waals surface area contributed by atoms with E-state index in [0.29, 0.717) is 11.8 Å². The minimum absolute atomic E-state index is 0.568. The Labute approximate surface area is 103 Å². The lowest BCUT2D eigenvalue weighted by molar-refractivity contribution is 0.429. The highest BCUT2D eigenvalue weighted by molar-refractivity contribution is 4.99. The van der Waals surface area contributed by atoms with Crippen molar-refractivity contribution in [1.29, 1.82) is 0 Å². The van der Waals surface area contributed by atoms with Gasteiger partial charge in [0, 0.05) is 12.3 Å². The van der Waals surface area contributed by atoms with Gasteiger partial charge >= 0.3 is 0 Å². The quantitative estimate of drug-likeness (QED) is 0.824. The summed E-state index contributed by atoms with van der Waals surface area (Å²) in [6.45, 7) is 2.93. The molecule has 0 saturated heterocycles. The normalized spacial score (nSPS) is 19.4. The van der Waals surface area contributed by atoms with E-state index in [1.54, 1.807) is 0 Å². The van der Waals surface area contributed by atoms with Crippen LogP contribution in [0.25, 0.3) is 0 Å². The van der Waals surface area contributed by atoms with E-state index in [0.717, 1.165) is 31.0 Å². The highest BCUT2D eigenvalue weighted by Crippen LogP contribution is 2.30. The third kappa shape index (κ3) is 3.53. The summed E-state index contributed by atoms with van der Waals surface area (Å²) in [5, 5.41) is 7.46. The Morgan fingerprint density at radius 2 is 2.12 bits per heavy atom. The summed E-state index contributed by atoms with van der Waals surface area (Å²) in [6, 6.07) is 0. The van der Waals surface area contributed by atoms with Gasteiger partial charge in [0.1, 0.15) is 5.82 Å². The number of nitrogens with zero attached hydrogens (tertiary/aromatic N) is 2. The van der Waals surface area contributed by atoms with Crippen molar-refractivity contribution in [1.82, 2.24) is 15.2 Å². The van der Waals surface area contributed by atoms with E-state index in [2.05, 4.69) is 22.1 Å². The molecular formula is C13H24N4. The van der Waals surface area contributed by atoms with Crippen LogP contribution in [0.2, 0.25) is 0 Å². The first-order chi connectivity index (χ1) is 8.29. The maximum atomic E-state index is 5.61. The van der Waals surface area contributed by atoms with E-state index < -0.39 is 0 Å². The third-order valence-corrected chi connectivity index (χ3v) is 3.80. The molecule has 1 unspecified atom stereocenters. The first-order valence-corrected chi connectivity index (χ1v) is 6.91. The van der Waals surface area contributed by atoms with Crippen molar-refractivity contribution in [2.75, 3.05) is 6.54 Å². The van der Waals surface area contributed by atoms with Crippen LogP contribution in [0.3, 0.4) is 0 Å². The molecule has 1 heterocycles. The van der Waals surface area contributed by atoms with E-state index in [4.69, 9.17) is 5.73 Å².